The van der Waals surface area contributed by atoms with Crippen LogP contribution in [0.5, 0.6) is 0 Å². The first-order valence-electron chi connectivity index (χ1n) is 17.1. The van der Waals surface area contributed by atoms with Crippen molar-refractivity contribution in [3.8, 4) is 0 Å². The molecule has 1 saturated carbocycles. The number of amides is 1. The fourth-order valence-corrected chi connectivity index (χ4v) is 7.60. The zero-order valence-corrected chi connectivity index (χ0v) is 27.0. The number of carbonyl (C=O) groups excluding carboxylic acids is 2. The van der Waals surface area contributed by atoms with Gasteiger partial charge >= 0.3 is 0 Å². The molecule has 6 heteroatoms. The van der Waals surface area contributed by atoms with Crippen LogP contribution in [0.4, 0.5) is 0 Å². The van der Waals surface area contributed by atoms with E-state index in [0.29, 0.717) is 38.3 Å². The summed E-state index contributed by atoms with van der Waals surface area (Å²) in [5.41, 5.74) is 1.79. The van der Waals surface area contributed by atoms with Gasteiger partial charge in [-0.1, -0.05) is 63.9 Å². The fraction of sp³-hybridized carbons (Fsp3) is 0.676. The van der Waals surface area contributed by atoms with Gasteiger partial charge in [-0.2, -0.15) is 10.2 Å². The summed E-state index contributed by atoms with van der Waals surface area (Å²) < 4.78 is 0. The third-order valence-corrected chi connectivity index (χ3v) is 10.6. The largest absolute Gasteiger partial charge is 0.390 e. The lowest BCUT2D eigenvalue weighted by Gasteiger charge is -2.41. The van der Waals surface area contributed by atoms with Crippen LogP contribution in [0.3, 0.4) is 0 Å². The molecule has 1 amide bonds. The Morgan fingerprint density at radius 3 is 2.49 bits per heavy atom. The van der Waals surface area contributed by atoms with Gasteiger partial charge in [0.05, 0.1) is 11.3 Å². The summed E-state index contributed by atoms with van der Waals surface area (Å²) in [7, 11) is 0. The first kappa shape index (κ1) is 33.3. The third kappa shape index (κ3) is 9.44. The molecule has 0 radical (unpaired) electrons. The third-order valence-electron chi connectivity index (χ3n) is 10.6. The summed E-state index contributed by atoms with van der Waals surface area (Å²) in [6.45, 7) is 7.90. The zero-order chi connectivity index (χ0) is 30.7. The van der Waals surface area contributed by atoms with E-state index in [2.05, 4.69) is 61.3 Å². The van der Waals surface area contributed by atoms with Gasteiger partial charge in [0.15, 0.2) is 0 Å². The quantitative estimate of drug-likeness (QED) is 0.262. The number of carbonyl (C=O) groups is 2. The lowest BCUT2D eigenvalue weighted by atomic mass is 9.66. The molecule has 2 aliphatic rings. The van der Waals surface area contributed by atoms with Gasteiger partial charge in [0, 0.05) is 38.0 Å². The lowest BCUT2D eigenvalue weighted by molar-refractivity contribution is -0.139. The molecule has 2 aromatic rings. The van der Waals surface area contributed by atoms with Crippen LogP contribution >= 0.6 is 0 Å². The molecule has 0 bridgehead atoms. The molecule has 43 heavy (non-hydrogen) atoms. The van der Waals surface area contributed by atoms with Crippen LogP contribution < -0.4 is 0 Å². The van der Waals surface area contributed by atoms with Gasteiger partial charge in [-0.15, -0.1) is 0 Å². The van der Waals surface area contributed by atoms with Crippen molar-refractivity contribution in [2.24, 2.45) is 17.8 Å². The number of aromatic nitrogens is 2. The van der Waals surface area contributed by atoms with Crippen LogP contribution in [0.1, 0.15) is 122 Å². The monoisotopic (exact) mass is 589 g/mol. The second-order valence-electron chi connectivity index (χ2n) is 13.9. The molecule has 1 N–H and O–H groups in total. The summed E-state index contributed by atoms with van der Waals surface area (Å²) in [5.74, 6) is 0.977. The molecule has 4 atom stereocenters. The highest BCUT2D eigenvalue weighted by Crippen LogP contribution is 2.45. The summed E-state index contributed by atoms with van der Waals surface area (Å²) in [5, 5.41) is 19.2. The molecule has 0 spiro atoms. The normalized spacial score (nSPS) is 25.4. The Hall–Kier alpha value is -2.60. The number of rotatable bonds is 13. The van der Waals surface area contributed by atoms with E-state index in [-0.39, 0.29) is 28.9 Å². The van der Waals surface area contributed by atoms with Crippen molar-refractivity contribution in [2.45, 2.75) is 128 Å². The molecule has 236 valence electrons. The van der Waals surface area contributed by atoms with Crippen LogP contribution in [0, 0.1) is 17.8 Å². The highest BCUT2D eigenvalue weighted by atomic mass is 16.3. The maximum atomic E-state index is 14.1. The number of nitrogens with zero attached hydrogens (tertiary/aromatic N) is 3. The van der Waals surface area contributed by atoms with Gasteiger partial charge in [0.2, 0.25) is 5.91 Å². The molecule has 1 aromatic carbocycles. The molecule has 2 fully saturated rings. The average Bonchev–Trinajstić information content (AvgIpc) is 3.02. The van der Waals surface area contributed by atoms with Crippen LogP contribution in [0.25, 0.3) is 0 Å². The molecule has 1 aromatic heterocycles. The van der Waals surface area contributed by atoms with Crippen molar-refractivity contribution in [1.82, 2.24) is 15.1 Å². The zero-order valence-electron chi connectivity index (χ0n) is 27.0. The van der Waals surface area contributed by atoms with E-state index in [0.717, 1.165) is 82.7 Å². The molecule has 6 nitrogen and oxygen atoms in total. The lowest BCUT2D eigenvalue weighted by Crippen LogP contribution is -2.44. The van der Waals surface area contributed by atoms with E-state index in [1.54, 1.807) is 6.20 Å². The maximum Gasteiger partial charge on any atom is 0.225 e. The SMILES string of the molecule is CCC(C)C[C@]1(c2ccccc2)CCCC(CC2(O)CCC2)C(C)C(=O)N(CCC(=O)CCCc2cccnn2)CCC1. The Labute approximate surface area is 260 Å². The molecule has 1 saturated heterocycles. The van der Waals surface area contributed by atoms with Crippen molar-refractivity contribution in [3.05, 3.63) is 59.9 Å². The highest BCUT2D eigenvalue weighted by molar-refractivity contribution is 5.81. The minimum absolute atomic E-state index is 0.0764. The Balaban J connectivity index is 1.50. The van der Waals surface area contributed by atoms with E-state index >= 15 is 0 Å². The molecule has 3 unspecified atom stereocenters. The van der Waals surface area contributed by atoms with Crippen molar-refractivity contribution in [1.29, 1.82) is 0 Å². The topological polar surface area (TPSA) is 83.4 Å². The summed E-state index contributed by atoms with van der Waals surface area (Å²) >= 11 is 0. The summed E-state index contributed by atoms with van der Waals surface area (Å²) in [6, 6.07) is 14.9. The van der Waals surface area contributed by atoms with Gasteiger partial charge in [0.25, 0.3) is 0 Å². The standard InChI is InChI=1S/C37H55N3O3/c1-4-29(2)27-36(32-14-6-5-7-15-32)20-9-13-31(28-37(43)22-11-23-37)30(3)35(42)40(25-12-21-36)26-19-34(41)18-8-16-33-17-10-24-38-39-33/h5-7,10,14-15,17,24,29-31,43H,4,8-9,11-13,16,18-23,25-28H2,1-3H3/t29?,30?,31?,36-/m0/s1. The van der Waals surface area contributed by atoms with Gasteiger partial charge in [-0.05, 0) is 106 Å². The maximum absolute atomic E-state index is 14.1. The van der Waals surface area contributed by atoms with Gasteiger partial charge in [-0.3, -0.25) is 9.59 Å². The molecule has 2 heterocycles. The van der Waals surface area contributed by atoms with E-state index < -0.39 is 5.60 Å². The number of aryl methyl sites for hydroxylation is 1. The second kappa shape index (κ2) is 15.9. The number of ketones is 1. The molecule has 1 aliphatic carbocycles. The number of Topliss-reactive ketones (excluding diaryl/α,β-unsaturated/α-hetero) is 1. The number of aliphatic hydroxyl groups is 1. The van der Waals surface area contributed by atoms with Crippen molar-refractivity contribution in [2.75, 3.05) is 13.1 Å². The second-order valence-corrected chi connectivity index (χ2v) is 13.9. The van der Waals surface area contributed by atoms with Crippen molar-refractivity contribution in [3.63, 3.8) is 0 Å². The Kier molecular flexibility index (Phi) is 12.3. The minimum atomic E-state index is -0.615. The molecular formula is C37H55N3O3. The van der Waals surface area contributed by atoms with Gasteiger partial charge in [-0.25, -0.2) is 0 Å². The average molecular weight is 590 g/mol. The van der Waals surface area contributed by atoms with Gasteiger partial charge < -0.3 is 10.0 Å². The van der Waals surface area contributed by atoms with Gasteiger partial charge in [0.1, 0.15) is 5.78 Å². The van der Waals surface area contributed by atoms with Crippen LogP contribution in [0.15, 0.2) is 48.7 Å². The summed E-state index contributed by atoms with van der Waals surface area (Å²) in [4.78, 5) is 29.0. The van der Waals surface area contributed by atoms with Crippen LogP contribution in [-0.2, 0) is 21.4 Å². The molecule has 4 rings (SSSR count). The highest BCUT2D eigenvalue weighted by Gasteiger charge is 2.41. The van der Waals surface area contributed by atoms with E-state index in [1.807, 2.05) is 17.0 Å². The van der Waals surface area contributed by atoms with Crippen LogP contribution in [-0.4, -0.2) is 50.6 Å². The fourth-order valence-electron chi connectivity index (χ4n) is 7.60. The Morgan fingerprint density at radius 1 is 1.05 bits per heavy atom. The summed E-state index contributed by atoms with van der Waals surface area (Å²) in [6.07, 6.45) is 14.9. The first-order chi connectivity index (χ1) is 20.7. The van der Waals surface area contributed by atoms with Crippen LogP contribution in [0.2, 0.25) is 0 Å². The number of benzene rings is 1. The van der Waals surface area contributed by atoms with Crippen molar-refractivity contribution < 1.29 is 14.7 Å². The Bertz CT molecular complexity index is 1140. The number of hydrogen-bond donors (Lipinski definition) is 1. The van der Waals surface area contributed by atoms with E-state index in [4.69, 9.17) is 0 Å². The van der Waals surface area contributed by atoms with E-state index in [1.165, 1.54) is 5.56 Å². The van der Waals surface area contributed by atoms with Crippen molar-refractivity contribution >= 4 is 11.7 Å². The smallest absolute Gasteiger partial charge is 0.225 e. The van der Waals surface area contributed by atoms with E-state index in [9.17, 15) is 14.7 Å². The number of hydrogen-bond acceptors (Lipinski definition) is 5. The minimum Gasteiger partial charge on any atom is -0.390 e. The Morgan fingerprint density at radius 2 is 1.81 bits per heavy atom. The molecule has 1 aliphatic heterocycles. The molecular weight excluding hydrogens is 534 g/mol. The first-order valence-corrected chi connectivity index (χ1v) is 17.1. The predicted octanol–water partition coefficient (Wildman–Crippen LogP) is 7.48. The predicted molar refractivity (Wildman–Crippen MR) is 173 cm³/mol.